The Labute approximate surface area is 119 Å². The van der Waals surface area contributed by atoms with Gasteiger partial charge in [0.15, 0.2) is 0 Å². The van der Waals surface area contributed by atoms with Gasteiger partial charge in [0.05, 0.1) is 0 Å². The Balaban J connectivity index is 2.13. The summed E-state index contributed by atoms with van der Waals surface area (Å²) in [6, 6.07) is 10.8. The maximum atomic E-state index is 13.2. The average Bonchev–Trinajstić information content (AvgIpc) is 2.42. The van der Waals surface area contributed by atoms with Gasteiger partial charge >= 0.3 is 0 Å². The maximum Gasteiger partial charge on any atom is 0.127 e. The Morgan fingerprint density at radius 3 is 2.25 bits per heavy atom. The monoisotopic (exact) mass is 273 g/mol. The van der Waals surface area contributed by atoms with E-state index in [0.29, 0.717) is 11.3 Å². The lowest BCUT2D eigenvalue weighted by atomic mass is 10.1. The predicted octanol–water partition coefficient (Wildman–Crippen LogP) is 4.34. The molecule has 106 valence electrons. The predicted molar refractivity (Wildman–Crippen MR) is 79.8 cm³/mol. The van der Waals surface area contributed by atoms with Crippen LogP contribution in [0.5, 0.6) is 11.5 Å². The number of ether oxygens (including phenoxy) is 1. The lowest BCUT2D eigenvalue weighted by Gasteiger charge is -2.11. The Kier molecular flexibility index (Phi) is 4.74. The molecule has 0 saturated carbocycles. The summed E-state index contributed by atoms with van der Waals surface area (Å²) in [6.07, 6.45) is 0. The summed E-state index contributed by atoms with van der Waals surface area (Å²) in [7, 11) is 0. The standard InChI is InChI=1S/C17H20FNO/c1-4-19-11-14-5-6-15(9-12(14)2)20-16-7-8-17(18)13(3)10-16/h5-10,19H,4,11H2,1-3H3. The van der Waals surface area contributed by atoms with Crippen LogP contribution >= 0.6 is 0 Å². The molecule has 1 N–H and O–H groups in total. The van der Waals surface area contributed by atoms with Crippen molar-refractivity contribution in [3.8, 4) is 11.5 Å². The van der Waals surface area contributed by atoms with E-state index in [-0.39, 0.29) is 5.82 Å². The van der Waals surface area contributed by atoms with Gasteiger partial charge in [-0.1, -0.05) is 13.0 Å². The fourth-order valence-corrected chi connectivity index (χ4v) is 2.01. The molecular weight excluding hydrogens is 253 g/mol. The Hall–Kier alpha value is -1.87. The van der Waals surface area contributed by atoms with Gasteiger partial charge in [0.2, 0.25) is 0 Å². The second-order valence-electron chi connectivity index (χ2n) is 4.88. The van der Waals surface area contributed by atoms with E-state index in [0.717, 1.165) is 18.8 Å². The van der Waals surface area contributed by atoms with E-state index in [1.807, 2.05) is 12.1 Å². The zero-order chi connectivity index (χ0) is 14.5. The van der Waals surface area contributed by atoms with E-state index in [4.69, 9.17) is 4.74 Å². The number of aryl methyl sites for hydroxylation is 2. The highest BCUT2D eigenvalue weighted by molar-refractivity contribution is 5.39. The van der Waals surface area contributed by atoms with Crippen molar-refractivity contribution < 1.29 is 9.13 Å². The van der Waals surface area contributed by atoms with Crippen molar-refractivity contribution in [1.82, 2.24) is 5.32 Å². The molecule has 0 fully saturated rings. The molecule has 0 heterocycles. The van der Waals surface area contributed by atoms with Crippen LogP contribution in [-0.2, 0) is 6.54 Å². The first-order valence-electron chi connectivity index (χ1n) is 6.84. The Morgan fingerprint density at radius 2 is 1.65 bits per heavy atom. The molecule has 0 radical (unpaired) electrons. The molecule has 2 rings (SSSR count). The topological polar surface area (TPSA) is 21.3 Å². The molecule has 2 aromatic carbocycles. The third kappa shape index (κ3) is 3.58. The summed E-state index contributed by atoms with van der Waals surface area (Å²) in [6.45, 7) is 7.69. The van der Waals surface area contributed by atoms with E-state index < -0.39 is 0 Å². The molecule has 2 aromatic rings. The highest BCUT2D eigenvalue weighted by Crippen LogP contribution is 2.25. The number of halogens is 1. The molecule has 3 heteroatoms. The summed E-state index contributed by atoms with van der Waals surface area (Å²) >= 11 is 0. The third-order valence-electron chi connectivity index (χ3n) is 3.24. The largest absolute Gasteiger partial charge is 0.457 e. The summed E-state index contributed by atoms with van der Waals surface area (Å²) in [4.78, 5) is 0. The summed E-state index contributed by atoms with van der Waals surface area (Å²) in [5, 5.41) is 3.31. The van der Waals surface area contributed by atoms with Crippen molar-refractivity contribution in [1.29, 1.82) is 0 Å². The second-order valence-corrected chi connectivity index (χ2v) is 4.88. The SMILES string of the molecule is CCNCc1ccc(Oc2ccc(F)c(C)c2)cc1C. The minimum atomic E-state index is -0.213. The van der Waals surface area contributed by atoms with Crippen LogP contribution in [0.15, 0.2) is 36.4 Å². The summed E-state index contributed by atoms with van der Waals surface area (Å²) < 4.78 is 19.0. The zero-order valence-corrected chi connectivity index (χ0v) is 12.2. The van der Waals surface area contributed by atoms with E-state index in [2.05, 4.69) is 25.2 Å². The molecule has 2 nitrogen and oxygen atoms in total. The minimum absolute atomic E-state index is 0.213. The lowest BCUT2D eigenvalue weighted by molar-refractivity contribution is 0.479. The van der Waals surface area contributed by atoms with Gasteiger partial charge in [-0.05, 0) is 67.4 Å². The van der Waals surface area contributed by atoms with Gasteiger partial charge in [0.1, 0.15) is 17.3 Å². The first kappa shape index (κ1) is 14.5. The van der Waals surface area contributed by atoms with E-state index in [1.165, 1.54) is 17.2 Å². The fourth-order valence-electron chi connectivity index (χ4n) is 2.01. The smallest absolute Gasteiger partial charge is 0.127 e. The Bertz CT molecular complexity index is 596. The van der Waals surface area contributed by atoms with Crippen molar-refractivity contribution in [2.45, 2.75) is 27.3 Å². The van der Waals surface area contributed by atoms with E-state index in [1.54, 1.807) is 19.1 Å². The number of rotatable bonds is 5. The first-order valence-corrected chi connectivity index (χ1v) is 6.84. The number of hydrogen-bond acceptors (Lipinski definition) is 2. The minimum Gasteiger partial charge on any atom is -0.457 e. The van der Waals surface area contributed by atoms with Gasteiger partial charge in [0.25, 0.3) is 0 Å². The molecule has 0 bridgehead atoms. The highest BCUT2D eigenvalue weighted by atomic mass is 19.1. The molecule has 0 aliphatic carbocycles. The van der Waals surface area contributed by atoms with Crippen LogP contribution in [0.1, 0.15) is 23.6 Å². The molecule has 0 amide bonds. The van der Waals surface area contributed by atoms with Crippen molar-refractivity contribution in [3.63, 3.8) is 0 Å². The molecule has 0 unspecified atom stereocenters. The molecule has 0 aromatic heterocycles. The van der Waals surface area contributed by atoms with Crippen molar-refractivity contribution in [3.05, 3.63) is 58.9 Å². The first-order chi connectivity index (χ1) is 9.60. The summed E-state index contributed by atoms with van der Waals surface area (Å²) in [5.74, 6) is 1.21. The van der Waals surface area contributed by atoms with Crippen LogP contribution in [0.3, 0.4) is 0 Å². The van der Waals surface area contributed by atoms with Crippen molar-refractivity contribution in [2.75, 3.05) is 6.54 Å². The zero-order valence-electron chi connectivity index (χ0n) is 12.2. The molecule has 0 atom stereocenters. The quantitative estimate of drug-likeness (QED) is 0.874. The van der Waals surface area contributed by atoms with E-state index in [9.17, 15) is 4.39 Å². The highest BCUT2D eigenvalue weighted by Gasteiger charge is 2.04. The van der Waals surface area contributed by atoms with Crippen molar-refractivity contribution >= 4 is 0 Å². The normalized spacial score (nSPS) is 10.6. The number of benzene rings is 2. The van der Waals surface area contributed by atoms with Crippen LogP contribution in [0.4, 0.5) is 4.39 Å². The number of nitrogens with one attached hydrogen (secondary N) is 1. The number of hydrogen-bond donors (Lipinski definition) is 1. The van der Waals surface area contributed by atoms with Gasteiger partial charge in [-0.2, -0.15) is 0 Å². The molecule has 0 saturated heterocycles. The fraction of sp³-hybridized carbons (Fsp3) is 0.294. The van der Waals surface area contributed by atoms with Crippen LogP contribution in [0.25, 0.3) is 0 Å². The lowest BCUT2D eigenvalue weighted by Crippen LogP contribution is -2.12. The second kappa shape index (κ2) is 6.53. The molecule has 0 aliphatic rings. The van der Waals surface area contributed by atoms with Gasteiger partial charge in [-0.3, -0.25) is 0 Å². The molecule has 20 heavy (non-hydrogen) atoms. The Morgan fingerprint density at radius 1 is 1.00 bits per heavy atom. The molecule has 0 aliphatic heterocycles. The van der Waals surface area contributed by atoms with Gasteiger partial charge in [0, 0.05) is 6.54 Å². The van der Waals surface area contributed by atoms with Crippen molar-refractivity contribution in [2.24, 2.45) is 0 Å². The third-order valence-corrected chi connectivity index (χ3v) is 3.24. The maximum absolute atomic E-state index is 13.2. The van der Waals surface area contributed by atoms with Crippen LogP contribution < -0.4 is 10.1 Å². The van der Waals surface area contributed by atoms with Gasteiger partial charge in [-0.25, -0.2) is 4.39 Å². The van der Waals surface area contributed by atoms with Crippen LogP contribution in [0, 0.1) is 19.7 Å². The van der Waals surface area contributed by atoms with Gasteiger partial charge < -0.3 is 10.1 Å². The average molecular weight is 273 g/mol. The van der Waals surface area contributed by atoms with E-state index >= 15 is 0 Å². The van der Waals surface area contributed by atoms with Crippen LogP contribution in [-0.4, -0.2) is 6.54 Å². The van der Waals surface area contributed by atoms with Crippen LogP contribution in [0.2, 0.25) is 0 Å². The molecular formula is C17H20FNO. The molecule has 0 spiro atoms. The van der Waals surface area contributed by atoms with Gasteiger partial charge in [-0.15, -0.1) is 0 Å². The summed E-state index contributed by atoms with van der Waals surface area (Å²) in [5.41, 5.74) is 3.03.